The van der Waals surface area contributed by atoms with Crippen LogP contribution in [0.3, 0.4) is 0 Å². The van der Waals surface area contributed by atoms with E-state index in [0.717, 1.165) is 18.1 Å². The van der Waals surface area contributed by atoms with Gasteiger partial charge in [-0.1, -0.05) is 12.1 Å². The minimum Gasteiger partial charge on any atom is -0.352 e. The molecule has 0 fully saturated rings. The fourth-order valence-electron chi connectivity index (χ4n) is 1.66. The normalized spacial score (nSPS) is 19.2. The van der Waals surface area contributed by atoms with Gasteiger partial charge in [0.2, 0.25) is 0 Å². The first-order valence-electron chi connectivity index (χ1n) is 5.45. The molecule has 1 aromatic rings. The van der Waals surface area contributed by atoms with Crippen LogP contribution < -0.4 is 10.6 Å². The van der Waals surface area contributed by atoms with Crippen molar-refractivity contribution in [2.24, 2.45) is 4.99 Å². The van der Waals surface area contributed by atoms with Gasteiger partial charge in [-0.15, -0.1) is 0 Å². The Bertz CT molecular complexity index is 415. The van der Waals surface area contributed by atoms with Crippen molar-refractivity contribution in [1.82, 2.24) is 10.6 Å². The molecule has 1 aliphatic rings. The number of aliphatic imine (C=N–C) groups is 1. The molecule has 1 aliphatic heterocycles. The van der Waals surface area contributed by atoms with Gasteiger partial charge in [-0.05, 0) is 31.0 Å². The molecule has 4 heteroatoms. The minimum absolute atomic E-state index is 0.159. The van der Waals surface area contributed by atoms with Crippen molar-refractivity contribution in [2.75, 3.05) is 6.54 Å². The number of benzene rings is 1. The van der Waals surface area contributed by atoms with Gasteiger partial charge in [0.15, 0.2) is 5.96 Å². The number of guanidine groups is 1. The van der Waals surface area contributed by atoms with E-state index >= 15 is 0 Å². The van der Waals surface area contributed by atoms with Crippen LogP contribution in [-0.4, -0.2) is 18.5 Å². The summed E-state index contributed by atoms with van der Waals surface area (Å²) in [5.41, 5.74) is 1.73. The average molecular weight is 221 g/mol. The van der Waals surface area contributed by atoms with Crippen molar-refractivity contribution in [1.29, 1.82) is 0 Å². The first-order valence-corrected chi connectivity index (χ1v) is 5.45. The summed E-state index contributed by atoms with van der Waals surface area (Å²) in [6, 6.07) is 5.53. The molecule has 1 heterocycles. The van der Waals surface area contributed by atoms with Crippen LogP contribution >= 0.6 is 0 Å². The highest BCUT2D eigenvalue weighted by atomic mass is 19.1. The Morgan fingerprint density at radius 3 is 3.00 bits per heavy atom. The van der Waals surface area contributed by atoms with Crippen molar-refractivity contribution >= 4 is 5.96 Å². The maximum Gasteiger partial charge on any atom is 0.191 e. The highest BCUT2D eigenvalue weighted by Gasteiger charge is 2.11. The summed E-state index contributed by atoms with van der Waals surface area (Å²) in [6.07, 6.45) is 0. The third kappa shape index (κ3) is 2.51. The molecule has 0 saturated carbocycles. The molecule has 16 heavy (non-hydrogen) atoms. The smallest absolute Gasteiger partial charge is 0.191 e. The SMILES string of the molecule is Cc1cc(CNC2=NCC(C)N2)ccc1F. The van der Waals surface area contributed by atoms with E-state index in [1.54, 1.807) is 13.0 Å². The predicted octanol–water partition coefficient (Wildman–Crippen LogP) is 1.57. The lowest BCUT2D eigenvalue weighted by molar-refractivity contribution is 0.617. The van der Waals surface area contributed by atoms with Crippen LogP contribution in [0.1, 0.15) is 18.1 Å². The topological polar surface area (TPSA) is 36.4 Å². The van der Waals surface area contributed by atoms with Crippen LogP contribution in [-0.2, 0) is 6.54 Å². The second kappa shape index (κ2) is 4.51. The number of rotatable bonds is 2. The standard InChI is InChI=1S/C12H16FN3/c1-8-5-10(3-4-11(8)13)7-15-12-14-6-9(2)16-12/h3-5,9H,6-7H2,1-2H3,(H2,14,15,16). The molecule has 86 valence electrons. The second-order valence-corrected chi connectivity index (χ2v) is 4.17. The van der Waals surface area contributed by atoms with E-state index in [1.807, 2.05) is 6.07 Å². The van der Waals surface area contributed by atoms with Gasteiger partial charge in [0.05, 0.1) is 6.54 Å². The van der Waals surface area contributed by atoms with Gasteiger partial charge in [0, 0.05) is 12.6 Å². The molecule has 0 amide bonds. The molecule has 3 nitrogen and oxygen atoms in total. The summed E-state index contributed by atoms with van der Waals surface area (Å²) in [4.78, 5) is 4.29. The monoisotopic (exact) mass is 221 g/mol. The molecule has 0 aliphatic carbocycles. The Hall–Kier alpha value is -1.58. The lowest BCUT2D eigenvalue weighted by atomic mass is 10.1. The highest BCUT2D eigenvalue weighted by Crippen LogP contribution is 2.08. The molecular formula is C12H16FN3. The maximum atomic E-state index is 13.0. The van der Waals surface area contributed by atoms with E-state index in [0.29, 0.717) is 18.2 Å². The first kappa shape index (κ1) is 10.9. The fraction of sp³-hybridized carbons (Fsp3) is 0.417. The van der Waals surface area contributed by atoms with E-state index in [9.17, 15) is 4.39 Å². The molecule has 0 spiro atoms. The number of hydrogen-bond acceptors (Lipinski definition) is 3. The van der Waals surface area contributed by atoms with Crippen LogP contribution in [0.15, 0.2) is 23.2 Å². The Balaban J connectivity index is 1.92. The zero-order valence-electron chi connectivity index (χ0n) is 9.55. The summed E-state index contributed by atoms with van der Waals surface area (Å²) < 4.78 is 13.0. The minimum atomic E-state index is -0.159. The van der Waals surface area contributed by atoms with Crippen LogP contribution in [0, 0.1) is 12.7 Å². The Kier molecular flexibility index (Phi) is 3.08. The van der Waals surface area contributed by atoms with Gasteiger partial charge in [-0.25, -0.2) is 4.39 Å². The van der Waals surface area contributed by atoms with Gasteiger partial charge in [-0.3, -0.25) is 4.99 Å². The predicted molar refractivity (Wildman–Crippen MR) is 62.9 cm³/mol. The molecule has 1 aromatic carbocycles. The molecule has 0 radical (unpaired) electrons. The van der Waals surface area contributed by atoms with E-state index in [4.69, 9.17) is 0 Å². The van der Waals surface area contributed by atoms with Crippen molar-refractivity contribution in [3.05, 3.63) is 35.1 Å². The Labute approximate surface area is 94.8 Å². The van der Waals surface area contributed by atoms with E-state index in [1.165, 1.54) is 6.07 Å². The first-order chi connectivity index (χ1) is 7.65. The summed E-state index contributed by atoms with van der Waals surface area (Å²) in [5, 5.41) is 6.41. The lowest BCUT2D eigenvalue weighted by Gasteiger charge is -2.09. The Morgan fingerprint density at radius 1 is 1.56 bits per heavy atom. The van der Waals surface area contributed by atoms with Gasteiger partial charge in [0.1, 0.15) is 5.82 Å². The molecule has 1 atom stereocenters. The van der Waals surface area contributed by atoms with Gasteiger partial charge in [0.25, 0.3) is 0 Å². The summed E-state index contributed by atoms with van der Waals surface area (Å²) in [5.74, 6) is 0.670. The number of nitrogens with zero attached hydrogens (tertiary/aromatic N) is 1. The van der Waals surface area contributed by atoms with Gasteiger partial charge in [-0.2, -0.15) is 0 Å². The van der Waals surface area contributed by atoms with Crippen LogP contribution in [0.5, 0.6) is 0 Å². The van der Waals surface area contributed by atoms with E-state index < -0.39 is 0 Å². The number of aryl methyl sites for hydroxylation is 1. The fourth-order valence-corrected chi connectivity index (χ4v) is 1.66. The molecule has 0 bridgehead atoms. The third-order valence-corrected chi connectivity index (χ3v) is 2.59. The molecular weight excluding hydrogens is 205 g/mol. The number of hydrogen-bond donors (Lipinski definition) is 2. The van der Waals surface area contributed by atoms with E-state index in [2.05, 4.69) is 22.5 Å². The zero-order chi connectivity index (χ0) is 11.5. The summed E-state index contributed by atoms with van der Waals surface area (Å²) in [7, 11) is 0. The molecule has 2 rings (SSSR count). The van der Waals surface area contributed by atoms with Crippen molar-refractivity contribution in [2.45, 2.75) is 26.4 Å². The quantitative estimate of drug-likeness (QED) is 0.795. The van der Waals surface area contributed by atoms with Crippen molar-refractivity contribution < 1.29 is 4.39 Å². The van der Waals surface area contributed by atoms with Crippen molar-refractivity contribution in [3.8, 4) is 0 Å². The molecule has 0 saturated heterocycles. The molecule has 1 unspecified atom stereocenters. The van der Waals surface area contributed by atoms with Crippen LogP contribution in [0.2, 0.25) is 0 Å². The second-order valence-electron chi connectivity index (χ2n) is 4.17. The number of halogens is 1. The lowest BCUT2D eigenvalue weighted by Crippen LogP contribution is -2.37. The zero-order valence-corrected chi connectivity index (χ0v) is 9.55. The van der Waals surface area contributed by atoms with Crippen LogP contribution in [0.4, 0.5) is 4.39 Å². The maximum absolute atomic E-state index is 13.0. The average Bonchev–Trinajstić information content (AvgIpc) is 2.66. The largest absolute Gasteiger partial charge is 0.352 e. The summed E-state index contributed by atoms with van der Waals surface area (Å²) >= 11 is 0. The van der Waals surface area contributed by atoms with E-state index in [-0.39, 0.29) is 5.82 Å². The number of nitrogens with one attached hydrogen (secondary N) is 2. The molecule has 0 aromatic heterocycles. The Morgan fingerprint density at radius 2 is 2.38 bits per heavy atom. The highest BCUT2D eigenvalue weighted by molar-refractivity contribution is 5.81. The van der Waals surface area contributed by atoms with Gasteiger partial charge >= 0.3 is 0 Å². The van der Waals surface area contributed by atoms with Crippen LogP contribution in [0.25, 0.3) is 0 Å². The van der Waals surface area contributed by atoms with Gasteiger partial charge < -0.3 is 10.6 Å². The van der Waals surface area contributed by atoms with Crippen molar-refractivity contribution in [3.63, 3.8) is 0 Å². The summed E-state index contributed by atoms with van der Waals surface area (Å²) in [6.45, 7) is 5.33. The third-order valence-electron chi connectivity index (χ3n) is 2.59. The molecule has 2 N–H and O–H groups in total.